The van der Waals surface area contributed by atoms with Gasteiger partial charge in [-0.3, -0.25) is 4.57 Å². The molecule has 0 atom stereocenters. The van der Waals surface area contributed by atoms with Gasteiger partial charge in [-0.25, -0.2) is 9.97 Å². The van der Waals surface area contributed by atoms with Crippen molar-refractivity contribution >= 4 is 75.0 Å². The molecule has 0 aliphatic rings. The van der Waals surface area contributed by atoms with E-state index in [0.29, 0.717) is 0 Å². The van der Waals surface area contributed by atoms with E-state index in [4.69, 9.17) is 9.97 Å². The molecule has 214 valence electrons. The summed E-state index contributed by atoms with van der Waals surface area (Å²) in [6.45, 7) is 0. The summed E-state index contributed by atoms with van der Waals surface area (Å²) in [5.41, 5.74) is 6.65. The van der Waals surface area contributed by atoms with Gasteiger partial charge in [-0.2, -0.15) is 0 Å². The van der Waals surface area contributed by atoms with Crippen LogP contribution in [0.1, 0.15) is 0 Å². The monoisotopic (exact) mass is 603 g/mol. The SMILES string of the molecule is c1ccc(-c2ccc3c(c2)c2cc4ccccc4cc2n3-c2nc(-c3cccc4c3sc3ccccc34)nc3ccccc23)cc1. The van der Waals surface area contributed by atoms with Crippen molar-refractivity contribution in [2.45, 2.75) is 0 Å². The number of fused-ring (bicyclic) bond motifs is 8. The molecule has 0 radical (unpaired) electrons. The van der Waals surface area contributed by atoms with Gasteiger partial charge < -0.3 is 0 Å². The van der Waals surface area contributed by atoms with Crippen LogP contribution in [-0.4, -0.2) is 14.5 Å². The fraction of sp³-hybridized carbons (Fsp3) is 0. The predicted octanol–water partition coefficient (Wildman–Crippen LogP) is 11.6. The summed E-state index contributed by atoms with van der Waals surface area (Å²) in [5.74, 6) is 1.63. The van der Waals surface area contributed by atoms with Gasteiger partial charge in [0.1, 0.15) is 5.82 Å². The molecular formula is C42H25N3S. The molecule has 3 aromatic heterocycles. The van der Waals surface area contributed by atoms with Crippen LogP contribution in [0.15, 0.2) is 152 Å². The van der Waals surface area contributed by atoms with Crippen molar-refractivity contribution in [1.82, 2.24) is 14.5 Å². The maximum Gasteiger partial charge on any atom is 0.163 e. The fourth-order valence-electron chi connectivity index (χ4n) is 7.02. The zero-order valence-electron chi connectivity index (χ0n) is 24.7. The molecule has 10 aromatic rings. The molecule has 0 saturated heterocycles. The maximum absolute atomic E-state index is 5.45. The Morgan fingerprint density at radius 1 is 0.457 bits per heavy atom. The van der Waals surface area contributed by atoms with Gasteiger partial charge in [0.05, 0.1) is 16.6 Å². The van der Waals surface area contributed by atoms with E-state index in [1.54, 1.807) is 0 Å². The lowest BCUT2D eigenvalue weighted by Crippen LogP contribution is -2.02. The van der Waals surface area contributed by atoms with Gasteiger partial charge in [-0.1, -0.05) is 103 Å². The van der Waals surface area contributed by atoms with E-state index in [9.17, 15) is 0 Å². The summed E-state index contributed by atoms with van der Waals surface area (Å²) in [5, 5.41) is 8.39. The van der Waals surface area contributed by atoms with E-state index in [2.05, 4.69) is 156 Å². The first-order valence-corrected chi connectivity index (χ1v) is 16.3. The first-order valence-electron chi connectivity index (χ1n) is 15.5. The highest BCUT2D eigenvalue weighted by molar-refractivity contribution is 7.26. The van der Waals surface area contributed by atoms with Crippen LogP contribution in [0.4, 0.5) is 0 Å². The Labute approximate surface area is 268 Å². The lowest BCUT2D eigenvalue weighted by atomic mass is 10.0. The van der Waals surface area contributed by atoms with Gasteiger partial charge >= 0.3 is 0 Å². The lowest BCUT2D eigenvalue weighted by Gasteiger charge is -2.13. The van der Waals surface area contributed by atoms with Crippen LogP contribution in [-0.2, 0) is 0 Å². The Hall–Kier alpha value is -5.84. The largest absolute Gasteiger partial charge is 0.293 e. The Morgan fingerprint density at radius 3 is 2.07 bits per heavy atom. The predicted molar refractivity (Wildman–Crippen MR) is 195 cm³/mol. The van der Waals surface area contributed by atoms with Crippen LogP contribution in [0.3, 0.4) is 0 Å². The van der Waals surface area contributed by atoms with Gasteiger partial charge in [0.25, 0.3) is 0 Å². The third-order valence-electron chi connectivity index (χ3n) is 9.18. The summed E-state index contributed by atoms with van der Waals surface area (Å²) in [6, 6.07) is 54.2. The lowest BCUT2D eigenvalue weighted by molar-refractivity contribution is 1.08. The van der Waals surface area contributed by atoms with E-state index in [1.165, 1.54) is 52.8 Å². The summed E-state index contributed by atoms with van der Waals surface area (Å²) < 4.78 is 4.84. The zero-order valence-corrected chi connectivity index (χ0v) is 25.5. The second kappa shape index (κ2) is 9.83. The zero-order chi connectivity index (χ0) is 30.2. The third kappa shape index (κ3) is 3.77. The van der Waals surface area contributed by atoms with Crippen LogP contribution >= 0.6 is 11.3 Å². The summed E-state index contributed by atoms with van der Waals surface area (Å²) in [7, 11) is 0. The van der Waals surface area contributed by atoms with Gasteiger partial charge in [0, 0.05) is 41.9 Å². The van der Waals surface area contributed by atoms with Crippen LogP contribution in [0.5, 0.6) is 0 Å². The highest BCUT2D eigenvalue weighted by atomic mass is 32.1. The number of hydrogen-bond acceptors (Lipinski definition) is 3. The Kier molecular flexibility index (Phi) is 5.45. The number of benzene rings is 7. The molecule has 0 amide bonds. The van der Waals surface area contributed by atoms with Crippen LogP contribution in [0.25, 0.3) is 92.0 Å². The average Bonchev–Trinajstić information content (AvgIpc) is 3.65. The van der Waals surface area contributed by atoms with Crippen molar-refractivity contribution in [3.63, 3.8) is 0 Å². The molecule has 0 N–H and O–H groups in total. The highest BCUT2D eigenvalue weighted by Gasteiger charge is 2.20. The molecule has 0 aliphatic carbocycles. The smallest absolute Gasteiger partial charge is 0.163 e. The summed E-state index contributed by atoms with van der Waals surface area (Å²) >= 11 is 1.81. The minimum Gasteiger partial charge on any atom is -0.293 e. The summed E-state index contributed by atoms with van der Waals surface area (Å²) in [6.07, 6.45) is 0. The molecule has 7 aromatic carbocycles. The Balaban J connectivity index is 1.32. The second-order valence-corrected chi connectivity index (χ2v) is 12.9. The minimum atomic E-state index is 0.738. The van der Waals surface area contributed by atoms with E-state index < -0.39 is 0 Å². The topological polar surface area (TPSA) is 30.7 Å². The number of aromatic nitrogens is 3. The van der Waals surface area contributed by atoms with E-state index in [-0.39, 0.29) is 0 Å². The van der Waals surface area contributed by atoms with Crippen molar-refractivity contribution in [2.75, 3.05) is 0 Å². The molecule has 3 heterocycles. The quantitative estimate of drug-likeness (QED) is 0.201. The Bertz CT molecular complexity index is 2810. The van der Waals surface area contributed by atoms with Gasteiger partial charge in [0.2, 0.25) is 0 Å². The number of para-hydroxylation sites is 1. The molecule has 3 nitrogen and oxygen atoms in total. The molecule has 0 aliphatic heterocycles. The van der Waals surface area contributed by atoms with Gasteiger partial charge in [-0.05, 0) is 70.4 Å². The number of hydrogen-bond donors (Lipinski definition) is 0. The van der Waals surface area contributed by atoms with E-state index in [1.807, 2.05) is 11.3 Å². The Morgan fingerprint density at radius 2 is 1.17 bits per heavy atom. The minimum absolute atomic E-state index is 0.738. The molecular weight excluding hydrogens is 579 g/mol. The third-order valence-corrected chi connectivity index (χ3v) is 10.4. The van der Waals surface area contributed by atoms with Crippen molar-refractivity contribution in [1.29, 1.82) is 0 Å². The van der Waals surface area contributed by atoms with Crippen LogP contribution in [0.2, 0.25) is 0 Å². The molecule has 0 unspecified atom stereocenters. The van der Waals surface area contributed by atoms with Crippen molar-refractivity contribution in [2.24, 2.45) is 0 Å². The molecule has 0 spiro atoms. The van der Waals surface area contributed by atoms with Crippen molar-refractivity contribution < 1.29 is 0 Å². The summed E-state index contributed by atoms with van der Waals surface area (Å²) in [4.78, 5) is 10.6. The molecule has 0 bridgehead atoms. The highest BCUT2D eigenvalue weighted by Crippen LogP contribution is 2.41. The molecule has 0 fully saturated rings. The van der Waals surface area contributed by atoms with E-state index in [0.717, 1.165) is 39.1 Å². The average molecular weight is 604 g/mol. The maximum atomic E-state index is 5.45. The van der Waals surface area contributed by atoms with Crippen LogP contribution in [0, 0.1) is 0 Å². The molecule has 0 saturated carbocycles. The number of thiophene rings is 1. The normalized spacial score (nSPS) is 11.9. The van der Waals surface area contributed by atoms with Crippen LogP contribution < -0.4 is 0 Å². The van der Waals surface area contributed by atoms with Gasteiger partial charge in [-0.15, -0.1) is 11.3 Å². The van der Waals surface area contributed by atoms with Crippen molar-refractivity contribution in [3.05, 3.63) is 152 Å². The number of rotatable bonds is 3. The van der Waals surface area contributed by atoms with Crippen molar-refractivity contribution in [3.8, 4) is 28.3 Å². The molecule has 10 rings (SSSR count). The fourth-order valence-corrected chi connectivity index (χ4v) is 8.23. The molecule has 46 heavy (non-hydrogen) atoms. The first kappa shape index (κ1) is 25.5. The number of nitrogens with zero attached hydrogens (tertiary/aromatic N) is 3. The molecule has 4 heteroatoms. The first-order chi connectivity index (χ1) is 22.8. The van der Waals surface area contributed by atoms with Gasteiger partial charge in [0.15, 0.2) is 5.82 Å². The standard InChI is InChI=1S/C42H25N3S/c1-2-11-26(12-3-1)29-21-22-37-34(24-29)35-23-27-13-4-5-14-28(27)25-38(35)45(37)42-32-16-6-8-19-36(32)43-41(44-42)33-18-10-17-31-30-15-7-9-20-39(30)46-40(31)33/h1-25H. The van der Waals surface area contributed by atoms with E-state index >= 15 is 0 Å². The second-order valence-electron chi connectivity index (χ2n) is 11.8.